The van der Waals surface area contributed by atoms with Gasteiger partial charge in [0.2, 0.25) is 5.91 Å². The highest BCUT2D eigenvalue weighted by Gasteiger charge is 2.27. The van der Waals surface area contributed by atoms with Gasteiger partial charge in [0, 0.05) is 13.0 Å². The van der Waals surface area contributed by atoms with Gasteiger partial charge in [-0.15, -0.1) is 0 Å². The Morgan fingerprint density at radius 2 is 1.80 bits per heavy atom. The van der Waals surface area contributed by atoms with Crippen LogP contribution >= 0.6 is 0 Å². The Morgan fingerprint density at radius 3 is 2.49 bits per heavy atom. The van der Waals surface area contributed by atoms with Gasteiger partial charge in [-0.05, 0) is 69.5 Å². The number of esters is 1. The predicted molar refractivity (Wildman–Crippen MR) is 138 cm³/mol. The third-order valence-electron chi connectivity index (χ3n) is 6.31. The van der Waals surface area contributed by atoms with Crippen molar-refractivity contribution in [2.24, 2.45) is 0 Å². The number of fused-ring (bicyclic) bond motifs is 1. The number of carbonyl (C=O) groups excluding carboxylic acids is 2. The fourth-order valence-electron chi connectivity index (χ4n) is 4.13. The molecule has 0 aliphatic rings. The lowest BCUT2D eigenvalue weighted by molar-refractivity contribution is -0.146. The molecule has 0 saturated heterocycles. The second kappa shape index (κ2) is 11.8. The zero-order chi connectivity index (χ0) is 25.5. The lowest BCUT2D eigenvalue weighted by atomic mass is 10.1. The Hall–Kier alpha value is -3.48. The molecule has 0 fully saturated rings. The van der Waals surface area contributed by atoms with E-state index in [9.17, 15) is 14.4 Å². The summed E-state index contributed by atoms with van der Waals surface area (Å²) in [7, 11) is 0. The van der Waals surface area contributed by atoms with Gasteiger partial charge in [-0.25, -0.2) is 4.98 Å². The predicted octanol–water partition coefficient (Wildman–Crippen LogP) is 5.04. The minimum absolute atomic E-state index is 0.0249. The first-order valence-corrected chi connectivity index (χ1v) is 12.3. The van der Waals surface area contributed by atoms with Gasteiger partial charge in [-0.2, -0.15) is 0 Å². The van der Waals surface area contributed by atoms with Crippen molar-refractivity contribution in [2.75, 3.05) is 13.2 Å². The highest BCUT2D eigenvalue weighted by atomic mass is 16.5. The number of amides is 1. The van der Waals surface area contributed by atoms with Gasteiger partial charge in [0.05, 0.1) is 35.7 Å². The smallest absolute Gasteiger partial charge is 0.306 e. The summed E-state index contributed by atoms with van der Waals surface area (Å²) in [5.41, 5.74) is 3.33. The van der Waals surface area contributed by atoms with E-state index in [1.54, 1.807) is 22.5 Å². The van der Waals surface area contributed by atoms with E-state index in [4.69, 9.17) is 9.72 Å². The number of hydrogen-bond acceptors (Lipinski definition) is 5. The quantitative estimate of drug-likeness (QED) is 0.382. The number of aromatic nitrogens is 2. The highest BCUT2D eigenvalue weighted by Crippen LogP contribution is 2.25. The first-order valence-electron chi connectivity index (χ1n) is 12.3. The van der Waals surface area contributed by atoms with Crippen molar-refractivity contribution in [3.05, 3.63) is 69.8 Å². The van der Waals surface area contributed by atoms with Gasteiger partial charge in [-0.3, -0.25) is 19.0 Å². The zero-order valence-corrected chi connectivity index (χ0v) is 21.3. The van der Waals surface area contributed by atoms with Crippen molar-refractivity contribution in [1.82, 2.24) is 14.5 Å². The lowest BCUT2D eigenvalue weighted by Crippen LogP contribution is -2.38. The van der Waals surface area contributed by atoms with Gasteiger partial charge in [-0.1, -0.05) is 31.5 Å². The summed E-state index contributed by atoms with van der Waals surface area (Å²) >= 11 is 0. The van der Waals surface area contributed by atoms with Crippen LogP contribution in [0.25, 0.3) is 16.6 Å². The van der Waals surface area contributed by atoms with Crippen LogP contribution in [0, 0.1) is 13.8 Å². The zero-order valence-electron chi connectivity index (χ0n) is 21.3. The first-order chi connectivity index (χ1) is 16.8. The molecule has 1 heterocycles. The summed E-state index contributed by atoms with van der Waals surface area (Å²) in [4.78, 5) is 45.4. The summed E-state index contributed by atoms with van der Waals surface area (Å²) in [6.45, 7) is 10.5. The maximum atomic E-state index is 13.7. The first kappa shape index (κ1) is 26.1. The number of rotatable bonds is 10. The van der Waals surface area contributed by atoms with Gasteiger partial charge < -0.3 is 9.64 Å². The van der Waals surface area contributed by atoms with E-state index >= 15 is 0 Å². The molecule has 2 aromatic carbocycles. The Kier molecular flexibility index (Phi) is 8.79. The van der Waals surface area contributed by atoms with E-state index in [1.807, 2.05) is 57.2 Å². The van der Waals surface area contributed by atoms with Crippen LogP contribution in [0.4, 0.5) is 0 Å². The molecule has 3 rings (SSSR count). The van der Waals surface area contributed by atoms with Crippen LogP contribution in [0.1, 0.15) is 69.4 Å². The minimum Gasteiger partial charge on any atom is -0.466 e. The van der Waals surface area contributed by atoms with Crippen molar-refractivity contribution in [3.8, 4) is 5.69 Å². The number of para-hydroxylation sites is 1. The average molecular weight is 478 g/mol. The molecule has 0 bridgehead atoms. The van der Waals surface area contributed by atoms with Gasteiger partial charge in [0.1, 0.15) is 5.82 Å². The molecule has 1 amide bonds. The van der Waals surface area contributed by atoms with E-state index in [1.165, 1.54) is 0 Å². The van der Waals surface area contributed by atoms with Crippen LogP contribution in [0.3, 0.4) is 0 Å². The van der Waals surface area contributed by atoms with Crippen molar-refractivity contribution >= 4 is 22.8 Å². The highest BCUT2D eigenvalue weighted by molar-refractivity contribution is 5.82. The summed E-state index contributed by atoms with van der Waals surface area (Å²) in [5.74, 6) is -0.0506. The van der Waals surface area contributed by atoms with Crippen molar-refractivity contribution in [1.29, 1.82) is 0 Å². The standard InChI is InChI=1S/C28H35N3O4/c1-6-8-17-30(25(32)15-16-26(33)35-7-2)21(5)27-29-24-12-10-9-11-23(24)28(34)31(27)22-14-13-19(3)20(4)18-22/h9-14,18,21H,6-8,15-17H2,1-5H3. The maximum Gasteiger partial charge on any atom is 0.306 e. The van der Waals surface area contributed by atoms with E-state index < -0.39 is 6.04 Å². The Bertz CT molecular complexity index is 1260. The van der Waals surface area contributed by atoms with Crippen molar-refractivity contribution in [3.63, 3.8) is 0 Å². The van der Waals surface area contributed by atoms with Gasteiger partial charge >= 0.3 is 5.97 Å². The molecule has 186 valence electrons. The molecule has 35 heavy (non-hydrogen) atoms. The Labute approximate surface area is 206 Å². The third-order valence-corrected chi connectivity index (χ3v) is 6.31. The average Bonchev–Trinajstić information content (AvgIpc) is 2.84. The fourth-order valence-corrected chi connectivity index (χ4v) is 4.13. The van der Waals surface area contributed by atoms with Crippen LogP contribution in [-0.4, -0.2) is 39.5 Å². The molecular weight excluding hydrogens is 442 g/mol. The van der Waals surface area contributed by atoms with Crippen molar-refractivity contribution in [2.45, 2.75) is 66.3 Å². The number of carbonyl (C=O) groups is 2. The number of hydrogen-bond donors (Lipinski definition) is 0. The summed E-state index contributed by atoms with van der Waals surface area (Å²) in [6, 6.07) is 12.7. The third kappa shape index (κ3) is 5.96. The number of benzene rings is 2. The SMILES string of the molecule is CCCCN(C(=O)CCC(=O)OCC)C(C)c1nc2ccccc2c(=O)n1-c1ccc(C)c(C)c1. The second-order valence-corrected chi connectivity index (χ2v) is 8.82. The number of nitrogens with zero attached hydrogens (tertiary/aromatic N) is 3. The van der Waals surface area contributed by atoms with Gasteiger partial charge in [0.15, 0.2) is 0 Å². The molecular formula is C28H35N3O4. The maximum absolute atomic E-state index is 13.7. The molecule has 0 radical (unpaired) electrons. The van der Waals surface area contributed by atoms with E-state index in [-0.39, 0.29) is 36.9 Å². The molecule has 0 N–H and O–H groups in total. The Balaban J connectivity index is 2.11. The molecule has 0 aliphatic heterocycles. The number of aryl methyl sites for hydroxylation is 2. The molecule has 1 aromatic heterocycles. The molecule has 0 aliphatic carbocycles. The van der Waals surface area contributed by atoms with E-state index in [2.05, 4.69) is 6.92 Å². The van der Waals surface area contributed by atoms with Crippen LogP contribution in [0.5, 0.6) is 0 Å². The molecule has 0 saturated carbocycles. The summed E-state index contributed by atoms with van der Waals surface area (Å²) in [5, 5.41) is 0.524. The fraction of sp³-hybridized carbons (Fsp3) is 0.429. The van der Waals surface area contributed by atoms with Crippen LogP contribution < -0.4 is 5.56 Å². The number of unbranched alkanes of at least 4 members (excludes halogenated alkanes) is 1. The van der Waals surface area contributed by atoms with E-state index in [0.29, 0.717) is 29.0 Å². The Morgan fingerprint density at radius 1 is 1.06 bits per heavy atom. The molecule has 3 aromatic rings. The van der Waals surface area contributed by atoms with Crippen molar-refractivity contribution < 1.29 is 14.3 Å². The normalized spacial score (nSPS) is 11.9. The van der Waals surface area contributed by atoms with Gasteiger partial charge in [0.25, 0.3) is 5.56 Å². The monoisotopic (exact) mass is 477 g/mol. The van der Waals surface area contributed by atoms with E-state index in [0.717, 1.165) is 24.0 Å². The lowest BCUT2D eigenvalue weighted by Gasteiger charge is -2.30. The topological polar surface area (TPSA) is 81.5 Å². The molecule has 1 unspecified atom stereocenters. The minimum atomic E-state index is -0.477. The molecule has 7 heteroatoms. The molecule has 0 spiro atoms. The number of ether oxygens (including phenoxy) is 1. The summed E-state index contributed by atoms with van der Waals surface area (Å²) < 4.78 is 6.61. The molecule has 1 atom stereocenters. The van der Waals surface area contributed by atoms with Crippen LogP contribution in [0.15, 0.2) is 47.3 Å². The molecule has 7 nitrogen and oxygen atoms in total. The van der Waals surface area contributed by atoms with Crippen LogP contribution in [0.2, 0.25) is 0 Å². The summed E-state index contributed by atoms with van der Waals surface area (Å²) in [6.07, 6.45) is 1.78. The van der Waals surface area contributed by atoms with Crippen LogP contribution in [-0.2, 0) is 14.3 Å². The largest absolute Gasteiger partial charge is 0.466 e. The second-order valence-electron chi connectivity index (χ2n) is 8.82.